The summed E-state index contributed by atoms with van der Waals surface area (Å²) in [5, 5.41) is 25.6. The molecule has 0 aliphatic heterocycles. The van der Waals surface area contributed by atoms with E-state index in [2.05, 4.69) is 140 Å². The summed E-state index contributed by atoms with van der Waals surface area (Å²) in [4.78, 5) is 0. The van der Waals surface area contributed by atoms with Gasteiger partial charge < -0.3 is 9.13 Å². The number of para-hydroxylation sites is 2. The Bertz CT molecular complexity index is 3940. The molecule has 0 saturated heterocycles. The molecule has 0 bridgehead atoms. The number of nitriles is 2. The molecule has 326 valence electrons. The molecule has 11 aromatic rings. The summed E-state index contributed by atoms with van der Waals surface area (Å²) in [7, 11) is 0. The van der Waals surface area contributed by atoms with Crippen molar-refractivity contribution in [2.75, 3.05) is 0 Å². The van der Waals surface area contributed by atoms with Gasteiger partial charge in [0, 0.05) is 32.7 Å². The van der Waals surface area contributed by atoms with Crippen molar-refractivity contribution in [3.8, 4) is 68.0 Å². The highest BCUT2D eigenvalue weighted by Crippen LogP contribution is 2.45. The van der Waals surface area contributed by atoms with Gasteiger partial charge in [0.05, 0.1) is 62.3 Å². The lowest BCUT2D eigenvalue weighted by Crippen LogP contribution is -2.06. The summed E-state index contributed by atoms with van der Waals surface area (Å²) in [6.07, 6.45) is -4.63. The van der Waals surface area contributed by atoms with Crippen molar-refractivity contribution in [1.29, 1.82) is 10.5 Å². The molecule has 0 aliphatic carbocycles. The maximum absolute atomic E-state index is 14.0. The van der Waals surface area contributed by atoms with Gasteiger partial charge in [0.1, 0.15) is 0 Å². The first-order valence-electron chi connectivity index (χ1n) is 22.4. The van der Waals surface area contributed by atoms with Crippen LogP contribution in [0.2, 0.25) is 0 Å². The Morgan fingerprint density at radius 3 is 1.41 bits per heavy atom. The van der Waals surface area contributed by atoms with Crippen LogP contribution in [0.1, 0.15) is 38.9 Å². The first kappa shape index (κ1) is 42.0. The maximum Gasteiger partial charge on any atom is 0.416 e. The lowest BCUT2D eigenvalue weighted by Gasteiger charge is -2.21. The van der Waals surface area contributed by atoms with Crippen LogP contribution >= 0.6 is 0 Å². The van der Waals surface area contributed by atoms with E-state index >= 15 is 0 Å². The molecule has 7 heteroatoms. The van der Waals surface area contributed by atoms with E-state index in [0.29, 0.717) is 27.8 Å². The molecular weight excluding hydrogens is 846 g/mol. The van der Waals surface area contributed by atoms with Crippen LogP contribution in [0.4, 0.5) is 13.2 Å². The van der Waals surface area contributed by atoms with Gasteiger partial charge in [-0.05, 0) is 134 Å². The van der Waals surface area contributed by atoms with Crippen LogP contribution in [0, 0.1) is 50.4 Å². The summed E-state index contributed by atoms with van der Waals surface area (Å²) < 4.78 is 46.5. The Labute approximate surface area is 391 Å². The molecule has 0 atom stereocenters. The number of nitrogens with zero attached hydrogens (tertiary/aromatic N) is 4. The van der Waals surface area contributed by atoms with Crippen LogP contribution in [0.25, 0.3) is 99.5 Å². The predicted molar refractivity (Wildman–Crippen MR) is 270 cm³/mol. The third-order valence-electron chi connectivity index (χ3n) is 13.1. The van der Waals surface area contributed by atoms with Crippen molar-refractivity contribution in [2.24, 2.45) is 0 Å². The van der Waals surface area contributed by atoms with Crippen LogP contribution in [0.5, 0.6) is 0 Å². The van der Waals surface area contributed by atoms with Gasteiger partial charge in [-0.2, -0.15) is 23.7 Å². The van der Waals surface area contributed by atoms with Crippen molar-refractivity contribution >= 4 is 43.6 Å². The third-order valence-corrected chi connectivity index (χ3v) is 13.1. The van der Waals surface area contributed by atoms with Gasteiger partial charge in [-0.3, -0.25) is 0 Å². The molecule has 0 spiro atoms. The van der Waals surface area contributed by atoms with Crippen molar-refractivity contribution in [2.45, 2.75) is 33.9 Å². The first-order chi connectivity index (χ1) is 32.9. The average molecular weight is 887 g/mol. The van der Waals surface area contributed by atoms with Gasteiger partial charge in [0.25, 0.3) is 0 Å². The van der Waals surface area contributed by atoms with E-state index in [-0.39, 0.29) is 5.56 Å². The zero-order chi connectivity index (χ0) is 47.0. The average Bonchev–Trinajstić information content (AvgIpc) is 3.84. The van der Waals surface area contributed by atoms with E-state index in [1.807, 2.05) is 66.7 Å². The van der Waals surface area contributed by atoms with Crippen molar-refractivity contribution in [1.82, 2.24) is 9.13 Å². The van der Waals surface area contributed by atoms with Crippen LogP contribution in [0.3, 0.4) is 0 Å². The fraction of sp³-hybridized carbons (Fsp3) is 0.0820. The normalized spacial score (nSPS) is 11.7. The Kier molecular flexibility index (Phi) is 9.92. The molecule has 0 N–H and O–H groups in total. The fourth-order valence-corrected chi connectivity index (χ4v) is 10.4. The lowest BCUT2D eigenvalue weighted by atomic mass is 9.91. The van der Waals surface area contributed by atoms with E-state index < -0.39 is 11.7 Å². The highest BCUT2D eigenvalue weighted by Gasteiger charge is 2.31. The van der Waals surface area contributed by atoms with Crippen molar-refractivity contribution in [3.05, 3.63) is 215 Å². The molecule has 0 aliphatic rings. The Hall–Kier alpha value is -8.65. The van der Waals surface area contributed by atoms with Crippen molar-refractivity contribution in [3.63, 3.8) is 0 Å². The second-order valence-electron chi connectivity index (χ2n) is 17.8. The molecule has 2 heterocycles. The number of halogens is 3. The number of alkyl halides is 3. The van der Waals surface area contributed by atoms with E-state index in [4.69, 9.17) is 0 Å². The van der Waals surface area contributed by atoms with Gasteiger partial charge in [-0.25, -0.2) is 0 Å². The molecule has 0 amide bonds. The molecule has 68 heavy (non-hydrogen) atoms. The zero-order valence-electron chi connectivity index (χ0n) is 37.7. The molecule has 0 saturated carbocycles. The largest absolute Gasteiger partial charge is 0.416 e. The number of aromatic nitrogens is 2. The number of benzene rings is 9. The van der Waals surface area contributed by atoms with E-state index in [1.54, 1.807) is 0 Å². The Morgan fingerprint density at radius 1 is 0.382 bits per heavy atom. The van der Waals surface area contributed by atoms with Crippen molar-refractivity contribution < 1.29 is 13.2 Å². The van der Waals surface area contributed by atoms with Crippen LogP contribution in [-0.4, -0.2) is 9.13 Å². The molecule has 0 fully saturated rings. The van der Waals surface area contributed by atoms with Crippen LogP contribution in [0.15, 0.2) is 176 Å². The van der Waals surface area contributed by atoms with Gasteiger partial charge in [0.15, 0.2) is 0 Å². The standard InChI is InChI=1S/C61H41F3N4/c1-36-24-37(2)27-44(26-36)40-16-21-56-51(31-40)49-11-5-7-13-54(49)67(56)58-23-18-42(48-20-19-47(61(62,63)64)30-46(48)35-66)33-53(58)60-43(34-65)10-9-15-59(60)68-55-14-8-6-12-50(55)52-32-41(17-22-57(52)68)45-28-38(3)25-39(4)29-45/h5-33H,1-4H3. The topological polar surface area (TPSA) is 57.4 Å². The second kappa shape index (κ2) is 16.0. The number of aryl methyl sites for hydroxylation is 4. The summed E-state index contributed by atoms with van der Waals surface area (Å²) in [6.45, 7) is 8.42. The van der Waals surface area contributed by atoms with Gasteiger partial charge >= 0.3 is 6.18 Å². The highest BCUT2D eigenvalue weighted by atomic mass is 19.4. The Balaban J connectivity index is 1.22. The SMILES string of the molecule is Cc1cc(C)cc(-c2ccc3c(c2)c2ccccc2n3-c2ccc(-c3ccc(C(F)(F)F)cc3C#N)cc2-c2c(C#N)cccc2-n2c3ccccc3c3cc(-c4cc(C)cc(C)c4)ccc32)c1. The number of rotatable bonds is 6. The minimum Gasteiger partial charge on any atom is -0.309 e. The highest BCUT2D eigenvalue weighted by molar-refractivity contribution is 6.13. The quantitative estimate of drug-likeness (QED) is 0.167. The monoisotopic (exact) mass is 886 g/mol. The Morgan fingerprint density at radius 2 is 0.882 bits per heavy atom. The van der Waals surface area contributed by atoms with Gasteiger partial charge in [-0.1, -0.05) is 125 Å². The smallest absolute Gasteiger partial charge is 0.309 e. The first-order valence-corrected chi connectivity index (χ1v) is 22.4. The molecular formula is C61H41F3N4. The zero-order valence-corrected chi connectivity index (χ0v) is 37.7. The molecule has 2 aromatic heterocycles. The second-order valence-corrected chi connectivity index (χ2v) is 17.8. The number of hydrogen-bond donors (Lipinski definition) is 0. The molecule has 0 radical (unpaired) electrons. The minimum atomic E-state index is -4.63. The lowest BCUT2D eigenvalue weighted by molar-refractivity contribution is -0.137. The van der Waals surface area contributed by atoms with Crippen LogP contribution in [-0.2, 0) is 6.18 Å². The maximum atomic E-state index is 14.0. The fourth-order valence-electron chi connectivity index (χ4n) is 10.4. The van der Waals surface area contributed by atoms with E-state index in [0.717, 1.165) is 89.4 Å². The third kappa shape index (κ3) is 6.99. The van der Waals surface area contributed by atoms with Gasteiger partial charge in [0.2, 0.25) is 0 Å². The molecule has 11 rings (SSSR count). The summed E-state index contributed by atoms with van der Waals surface area (Å²) in [5.74, 6) is 0. The number of fused-ring (bicyclic) bond motifs is 6. The summed E-state index contributed by atoms with van der Waals surface area (Å²) in [6, 6.07) is 62.0. The minimum absolute atomic E-state index is 0.106. The van der Waals surface area contributed by atoms with E-state index in [9.17, 15) is 23.7 Å². The van der Waals surface area contributed by atoms with Gasteiger partial charge in [-0.15, -0.1) is 0 Å². The summed E-state index contributed by atoms with van der Waals surface area (Å²) >= 11 is 0. The molecule has 9 aromatic carbocycles. The van der Waals surface area contributed by atoms with E-state index in [1.165, 1.54) is 28.3 Å². The number of hydrogen-bond acceptors (Lipinski definition) is 2. The van der Waals surface area contributed by atoms with Crippen LogP contribution < -0.4 is 0 Å². The summed E-state index contributed by atoms with van der Waals surface area (Å²) in [5.41, 5.74) is 16.0. The predicted octanol–water partition coefficient (Wildman–Crippen LogP) is 16.5. The molecule has 4 nitrogen and oxygen atoms in total. The molecule has 0 unspecified atom stereocenters.